The normalized spacial score (nSPS) is 10.2. The van der Waals surface area contributed by atoms with Crippen LogP contribution in [-0.4, -0.2) is 4.98 Å². The maximum atomic E-state index is 6.00. The van der Waals surface area contributed by atoms with Gasteiger partial charge in [0.25, 0.3) is 0 Å². The molecule has 17 heavy (non-hydrogen) atoms. The third kappa shape index (κ3) is 3.11. The molecule has 2 aromatic rings. The van der Waals surface area contributed by atoms with E-state index in [1.165, 1.54) is 0 Å². The highest BCUT2D eigenvalue weighted by Crippen LogP contribution is 2.26. The molecule has 0 radical (unpaired) electrons. The fraction of sp³-hybridized carbons (Fsp3) is 0.154. The van der Waals surface area contributed by atoms with Gasteiger partial charge in [-0.05, 0) is 37.3 Å². The van der Waals surface area contributed by atoms with Crippen molar-refractivity contribution in [2.75, 3.05) is 5.73 Å². The number of benzene rings is 1. The minimum Gasteiger partial charge on any atom is -0.486 e. The first-order valence-electron chi connectivity index (χ1n) is 5.25. The van der Waals surface area contributed by atoms with Crippen molar-refractivity contribution in [2.45, 2.75) is 13.5 Å². The van der Waals surface area contributed by atoms with E-state index < -0.39 is 0 Å². The third-order valence-corrected chi connectivity index (χ3v) is 2.57. The van der Waals surface area contributed by atoms with Crippen molar-refractivity contribution < 1.29 is 4.74 Å². The van der Waals surface area contributed by atoms with Gasteiger partial charge in [0, 0.05) is 11.4 Å². The number of nitrogen functional groups attached to an aromatic ring is 1. The summed E-state index contributed by atoms with van der Waals surface area (Å²) in [4.78, 5) is 4.34. The van der Waals surface area contributed by atoms with Gasteiger partial charge in [0.15, 0.2) is 0 Å². The smallest absolute Gasteiger partial charge is 0.138 e. The number of nitrogens with two attached hydrogens (primary N) is 1. The summed E-state index contributed by atoms with van der Waals surface area (Å²) in [6, 6.07) is 11.0. The number of rotatable bonds is 3. The number of ether oxygens (including phenoxy) is 1. The van der Waals surface area contributed by atoms with Gasteiger partial charge in [-0.15, -0.1) is 0 Å². The van der Waals surface area contributed by atoms with Gasteiger partial charge in [-0.3, -0.25) is 4.98 Å². The molecule has 0 bridgehead atoms. The Morgan fingerprint density at radius 2 is 2.12 bits per heavy atom. The minimum atomic E-state index is 0.394. The predicted octanol–water partition coefficient (Wildman–Crippen LogP) is 3.20. The van der Waals surface area contributed by atoms with Crippen LogP contribution < -0.4 is 10.5 Å². The number of halogens is 1. The lowest BCUT2D eigenvalue weighted by Gasteiger charge is -2.08. The first kappa shape index (κ1) is 11.7. The molecule has 4 heteroatoms. The molecule has 1 heterocycles. The molecule has 0 unspecified atom stereocenters. The van der Waals surface area contributed by atoms with E-state index in [2.05, 4.69) is 4.98 Å². The van der Waals surface area contributed by atoms with Gasteiger partial charge in [-0.2, -0.15) is 0 Å². The summed E-state index contributed by atoms with van der Waals surface area (Å²) in [7, 11) is 0. The Labute approximate surface area is 105 Å². The van der Waals surface area contributed by atoms with Gasteiger partial charge in [-0.1, -0.05) is 17.7 Å². The average Bonchev–Trinajstić information content (AvgIpc) is 2.28. The maximum Gasteiger partial charge on any atom is 0.138 e. The molecule has 0 amide bonds. The number of aryl methyl sites for hydroxylation is 1. The molecule has 0 aliphatic rings. The van der Waals surface area contributed by atoms with Crippen LogP contribution in [0.2, 0.25) is 5.02 Å². The second-order valence-corrected chi connectivity index (χ2v) is 4.16. The summed E-state index contributed by atoms with van der Waals surface area (Å²) in [6.07, 6.45) is 0. The molecule has 0 saturated carbocycles. The van der Waals surface area contributed by atoms with Gasteiger partial charge in [0.05, 0.1) is 10.7 Å². The second-order valence-electron chi connectivity index (χ2n) is 3.75. The van der Waals surface area contributed by atoms with Crippen molar-refractivity contribution >= 4 is 17.3 Å². The lowest BCUT2D eigenvalue weighted by molar-refractivity contribution is 0.301. The van der Waals surface area contributed by atoms with E-state index in [-0.39, 0.29) is 0 Å². The zero-order chi connectivity index (χ0) is 12.3. The monoisotopic (exact) mass is 248 g/mol. The van der Waals surface area contributed by atoms with Crippen molar-refractivity contribution in [3.8, 4) is 5.75 Å². The van der Waals surface area contributed by atoms with Crippen LogP contribution in [0.1, 0.15) is 11.4 Å². The number of aromatic nitrogens is 1. The third-order valence-electron chi connectivity index (χ3n) is 2.28. The number of hydrogen-bond donors (Lipinski definition) is 1. The Hall–Kier alpha value is -1.74. The molecule has 0 saturated heterocycles. The van der Waals surface area contributed by atoms with E-state index >= 15 is 0 Å². The van der Waals surface area contributed by atoms with Crippen LogP contribution in [0.3, 0.4) is 0 Å². The van der Waals surface area contributed by atoms with Crippen LogP contribution in [-0.2, 0) is 6.61 Å². The highest BCUT2D eigenvalue weighted by molar-refractivity contribution is 6.32. The largest absolute Gasteiger partial charge is 0.486 e. The maximum absolute atomic E-state index is 6.00. The SMILES string of the molecule is Cc1cccc(COc2ccc(N)cc2Cl)n1. The fourth-order valence-corrected chi connectivity index (χ4v) is 1.71. The Balaban J connectivity index is 2.07. The molecular formula is C13H13ClN2O. The summed E-state index contributed by atoms with van der Waals surface area (Å²) >= 11 is 6.00. The molecular weight excluding hydrogens is 236 g/mol. The van der Waals surface area contributed by atoms with Crippen LogP contribution in [0.5, 0.6) is 5.75 Å². The molecule has 1 aromatic heterocycles. The van der Waals surface area contributed by atoms with E-state index in [0.29, 0.717) is 23.1 Å². The van der Waals surface area contributed by atoms with Gasteiger partial charge in [0.1, 0.15) is 12.4 Å². The molecule has 0 spiro atoms. The zero-order valence-corrected chi connectivity index (χ0v) is 10.2. The molecule has 1 aromatic carbocycles. The number of anilines is 1. The summed E-state index contributed by atoms with van der Waals surface area (Å²) < 4.78 is 5.58. The van der Waals surface area contributed by atoms with Crippen molar-refractivity contribution in [3.63, 3.8) is 0 Å². The van der Waals surface area contributed by atoms with Crippen LogP contribution in [0, 0.1) is 6.92 Å². The first-order valence-corrected chi connectivity index (χ1v) is 5.63. The summed E-state index contributed by atoms with van der Waals surface area (Å²) in [5, 5.41) is 0.512. The summed E-state index contributed by atoms with van der Waals surface area (Å²) in [5.41, 5.74) is 8.06. The van der Waals surface area contributed by atoms with Crippen molar-refractivity contribution in [1.82, 2.24) is 4.98 Å². The predicted molar refractivity (Wildman–Crippen MR) is 69.2 cm³/mol. The molecule has 0 fully saturated rings. The van der Waals surface area contributed by atoms with E-state index in [0.717, 1.165) is 11.4 Å². The van der Waals surface area contributed by atoms with E-state index in [1.54, 1.807) is 18.2 Å². The van der Waals surface area contributed by atoms with Crippen molar-refractivity contribution in [2.24, 2.45) is 0 Å². The molecule has 3 nitrogen and oxygen atoms in total. The first-order chi connectivity index (χ1) is 8.15. The van der Waals surface area contributed by atoms with Crippen LogP contribution in [0.4, 0.5) is 5.69 Å². The van der Waals surface area contributed by atoms with Crippen LogP contribution in [0.25, 0.3) is 0 Å². The molecule has 88 valence electrons. The highest BCUT2D eigenvalue weighted by Gasteiger charge is 2.03. The van der Waals surface area contributed by atoms with Gasteiger partial charge in [0.2, 0.25) is 0 Å². The Morgan fingerprint density at radius 3 is 2.82 bits per heavy atom. The van der Waals surface area contributed by atoms with E-state index in [4.69, 9.17) is 22.1 Å². The Bertz CT molecular complexity index is 529. The van der Waals surface area contributed by atoms with Gasteiger partial charge < -0.3 is 10.5 Å². The summed E-state index contributed by atoms with van der Waals surface area (Å²) in [5.74, 6) is 0.615. The highest BCUT2D eigenvalue weighted by atomic mass is 35.5. The zero-order valence-electron chi connectivity index (χ0n) is 9.48. The van der Waals surface area contributed by atoms with Crippen LogP contribution in [0.15, 0.2) is 36.4 Å². The lowest BCUT2D eigenvalue weighted by Crippen LogP contribution is -1.99. The molecule has 0 aliphatic carbocycles. The minimum absolute atomic E-state index is 0.394. The second kappa shape index (κ2) is 5.06. The molecule has 0 atom stereocenters. The number of hydrogen-bond acceptors (Lipinski definition) is 3. The average molecular weight is 249 g/mol. The van der Waals surface area contributed by atoms with Crippen LogP contribution >= 0.6 is 11.6 Å². The lowest BCUT2D eigenvalue weighted by atomic mass is 10.3. The molecule has 0 aliphatic heterocycles. The van der Waals surface area contributed by atoms with Crippen molar-refractivity contribution in [1.29, 1.82) is 0 Å². The molecule has 2 rings (SSSR count). The number of pyridine rings is 1. The summed E-state index contributed by atoms with van der Waals surface area (Å²) in [6.45, 7) is 2.34. The Morgan fingerprint density at radius 1 is 1.29 bits per heavy atom. The standard InChI is InChI=1S/C13H13ClN2O/c1-9-3-2-4-11(16-9)8-17-13-6-5-10(15)7-12(13)14/h2-7H,8,15H2,1H3. The van der Waals surface area contributed by atoms with Gasteiger partial charge in [-0.25, -0.2) is 0 Å². The number of nitrogens with zero attached hydrogens (tertiary/aromatic N) is 1. The van der Waals surface area contributed by atoms with E-state index in [1.807, 2.05) is 25.1 Å². The van der Waals surface area contributed by atoms with Gasteiger partial charge >= 0.3 is 0 Å². The van der Waals surface area contributed by atoms with Crippen molar-refractivity contribution in [3.05, 3.63) is 52.8 Å². The molecule has 2 N–H and O–H groups in total. The Kier molecular flexibility index (Phi) is 3.49. The topological polar surface area (TPSA) is 48.1 Å². The fourth-order valence-electron chi connectivity index (χ4n) is 1.47. The quantitative estimate of drug-likeness (QED) is 0.849. The van der Waals surface area contributed by atoms with E-state index in [9.17, 15) is 0 Å².